The number of nitrogens with one attached hydrogen (secondary N) is 3. The van der Waals surface area contributed by atoms with E-state index < -0.39 is 12.1 Å². The van der Waals surface area contributed by atoms with Gasteiger partial charge in [-0.2, -0.15) is 0 Å². The lowest BCUT2D eigenvalue weighted by molar-refractivity contribution is -0.122. The molecule has 47 heavy (non-hydrogen) atoms. The van der Waals surface area contributed by atoms with E-state index in [0.717, 1.165) is 49.0 Å². The molecule has 0 bridgehead atoms. The number of rotatable bonds is 12. The minimum Gasteiger partial charge on any atom is -0.493 e. The molecule has 256 valence electrons. The van der Waals surface area contributed by atoms with Crippen molar-refractivity contribution < 1.29 is 23.8 Å². The molecule has 3 aliphatic rings. The highest BCUT2D eigenvalue weighted by atomic mass is 16.5. The van der Waals surface area contributed by atoms with Gasteiger partial charge in [0, 0.05) is 25.1 Å². The van der Waals surface area contributed by atoms with Crippen molar-refractivity contribution in [1.82, 2.24) is 15.5 Å². The standard InChI is InChI=1S/C37H52N4O6/c1-6-7-12-30(37(44)38-22-25-11-10-19-41-18-9-8-13-31(25)41)40-29-17-15-26-27(21-32(29)43)28(39-23(2)42)16-14-24-20-33(45-3)35(46-4)36(47-5)34(24)26/h15,17,20-21,25,28,30-31H,6-14,16,18-19,22H2,1-5H3,(H,38,44)(H,39,42)(H,40,43)/t25-,28+,30?,31+/m1/s1. The number of carbonyl (C=O) groups excluding carboxylic acids is 2. The third-order valence-corrected chi connectivity index (χ3v) is 10.2. The van der Waals surface area contributed by atoms with Gasteiger partial charge < -0.3 is 35.1 Å². The minimum atomic E-state index is -0.548. The molecule has 0 aromatic heterocycles. The number of unbranched alkanes of at least 4 members (excludes halogenated alkanes) is 1. The highest BCUT2D eigenvalue weighted by Gasteiger charge is 2.34. The third kappa shape index (κ3) is 7.69. The van der Waals surface area contributed by atoms with Crippen LogP contribution in [0.2, 0.25) is 0 Å². The van der Waals surface area contributed by atoms with Crippen LogP contribution in [0.5, 0.6) is 17.2 Å². The molecule has 5 rings (SSSR count). The summed E-state index contributed by atoms with van der Waals surface area (Å²) in [6, 6.07) is 6.77. The largest absolute Gasteiger partial charge is 0.493 e. The summed E-state index contributed by atoms with van der Waals surface area (Å²) < 4.78 is 17.2. The van der Waals surface area contributed by atoms with E-state index in [1.54, 1.807) is 33.5 Å². The number of piperidine rings is 2. The van der Waals surface area contributed by atoms with Crippen molar-refractivity contribution in [1.29, 1.82) is 0 Å². The summed E-state index contributed by atoms with van der Waals surface area (Å²) in [6.45, 7) is 6.57. The smallest absolute Gasteiger partial charge is 0.242 e. The Bertz CT molecular complexity index is 1490. The van der Waals surface area contributed by atoms with Crippen molar-refractivity contribution in [2.75, 3.05) is 46.3 Å². The Morgan fingerprint density at radius 1 is 0.979 bits per heavy atom. The average molecular weight is 649 g/mol. The summed E-state index contributed by atoms with van der Waals surface area (Å²) in [7, 11) is 4.73. The number of methoxy groups -OCH3 is 3. The Balaban J connectivity index is 1.48. The Hall–Kier alpha value is -3.79. The summed E-state index contributed by atoms with van der Waals surface area (Å²) in [5.74, 6) is 1.70. The lowest BCUT2D eigenvalue weighted by Gasteiger charge is -2.44. The van der Waals surface area contributed by atoms with Gasteiger partial charge in [0.05, 0.1) is 33.1 Å². The number of ether oxygens (including phenoxy) is 3. The molecule has 4 atom stereocenters. The Morgan fingerprint density at radius 3 is 2.49 bits per heavy atom. The molecule has 2 amide bonds. The second kappa shape index (κ2) is 15.9. The SMILES string of the molecule is CCCCC(Nc1ccc2c(cc1=O)[C@@H](NC(C)=O)CCc1cc(OC)c(OC)c(OC)c1-2)C(=O)NC[C@H]1CCCN2CCCC[C@@H]12. The molecule has 1 aliphatic carbocycles. The number of nitrogens with zero attached hydrogens (tertiary/aromatic N) is 1. The predicted molar refractivity (Wildman–Crippen MR) is 185 cm³/mol. The number of hydrogen-bond donors (Lipinski definition) is 3. The van der Waals surface area contributed by atoms with Crippen molar-refractivity contribution in [3.05, 3.63) is 45.6 Å². The molecule has 2 aliphatic heterocycles. The van der Waals surface area contributed by atoms with E-state index in [1.807, 2.05) is 12.1 Å². The molecule has 10 heteroatoms. The molecule has 0 radical (unpaired) electrons. The summed E-state index contributed by atoms with van der Waals surface area (Å²) >= 11 is 0. The lowest BCUT2D eigenvalue weighted by atomic mass is 9.83. The van der Waals surface area contributed by atoms with E-state index in [0.29, 0.717) is 66.3 Å². The summed E-state index contributed by atoms with van der Waals surface area (Å²) in [6.07, 6.45) is 9.63. The lowest BCUT2D eigenvalue weighted by Crippen LogP contribution is -2.52. The van der Waals surface area contributed by atoms with E-state index >= 15 is 0 Å². The van der Waals surface area contributed by atoms with E-state index in [4.69, 9.17) is 14.2 Å². The number of fused-ring (bicyclic) bond motifs is 4. The molecular formula is C37H52N4O6. The Kier molecular flexibility index (Phi) is 11.7. The van der Waals surface area contributed by atoms with Crippen molar-refractivity contribution in [3.8, 4) is 28.4 Å². The van der Waals surface area contributed by atoms with Crippen LogP contribution in [-0.4, -0.2) is 69.8 Å². The van der Waals surface area contributed by atoms with Crippen molar-refractivity contribution in [2.24, 2.45) is 5.92 Å². The van der Waals surface area contributed by atoms with Crippen LogP contribution < -0.4 is 35.6 Å². The molecular weight excluding hydrogens is 596 g/mol. The van der Waals surface area contributed by atoms with Crippen molar-refractivity contribution in [3.63, 3.8) is 0 Å². The van der Waals surface area contributed by atoms with Gasteiger partial charge in [0.15, 0.2) is 11.5 Å². The Morgan fingerprint density at radius 2 is 1.77 bits per heavy atom. The molecule has 0 spiro atoms. The first-order valence-corrected chi connectivity index (χ1v) is 17.3. The summed E-state index contributed by atoms with van der Waals surface area (Å²) in [5.41, 5.74) is 3.28. The van der Waals surface area contributed by atoms with Gasteiger partial charge in [-0.25, -0.2) is 0 Å². The van der Waals surface area contributed by atoms with Crippen LogP contribution >= 0.6 is 0 Å². The molecule has 1 unspecified atom stereocenters. The van der Waals surface area contributed by atoms with E-state index in [2.05, 4.69) is 27.8 Å². The highest BCUT2D eigenvalue weighted by Crippen LogP contribution is 2.50. The molecule has 2 fully saturated rings. The average Bonchev–Trinajstić information content (AvgIpc) is 3.32. The van der Waals surface area contributed by atoms with Crippen LogP contribution in [0.15, 0.2) is 29.1 Å². The summed E-state index contributed by atoms with van der Waals surface area (Å²) in [5, 5.41) is 9.65. The number of carbonyl (C=O) groups is 2. The number of amides is 2. The normalized spacial score (nSPS) is 21.2. The van der Waals surface area contributed by atoms with E-state index in [9.17, 15) is 14.4 Å². The second-order valence-corrected chi connectivity index (χ2v) is 13.2. The topological polar surface area (TPSA) is 118 Å². The number of aryl methyl sites for hydroxylation is 1. The number of benzene rings is 1. The molecule has 2 aromatic carbocycles. The number of hydrogen-bond acceptors (Lipinski definition) is 8. The van der Waals surface area contributed by atoms with Crippen LogP contribution in [-0.2, 0) is 16.0 Å². The second-order valence-electron chi connectivity index (χ2n) is 13.2. The van der Waals surface area contributed by atoms with Crippen LogP contribution in [0.3, 0.4) is 0 Å². The quantitative estimate of drug-likeness (QED) is 0.287. The molecule has 0 saturated carbocycles. The monoisotopic (exact) mass is 648 g/mol. The van der Waals surface area contributed by atoms with Gasteiger partial charge in [0.2, 0.25) is 23.0 Å². The van der Waals surface area contributed by atoms with Gasteiger partial charge in [-0.15, -0.1) is 0 Å². The molecule has 10 nitrogen and oxygen atoms in total. The zero-order valence-corrected chi connectivity index (χ0v) is 28.7. The maximum Gasteiger partial charge on any atom is 0.242 e. The van der Waals surface area contributed by atoms with E-state index in [-0.39, 0.29) is 17.2 Å². The van der Waals surface area contributed by atoms with E-state index in [1.165, 1.54) is 32.6 Å². The van der Waals surface area contributed by atoms with Gasteiger partial charge >= 0.3 is 0 Å². The predicted octanol–water partition coefficient (Wildman–Crippen LogP) is 5.21. The van der Waals surface area contributed by atoms with Crippen molar-refractivity contribution >= 4 is 17.5 Å². The molecule has 2 aromatic rings. The first kappa shape index (κ1) is 34.5. The first-order chi connectivity index (χ1) is 22.8. The molecule has 2 saturated heterocycles. The first-order valence-electron chi connectivity index (χ1n) is 17.3. The van der Waals surface area contributed by atoms with Crippen LogP contribution in [0.25, 0.3) is 11.1 Å². The van der Waals surface area contributed by atoms with Gasteiger partial charge in [-0.3, -0.25) is 14.4 Å². The zero-order chi connectivity index (χ0) is 33.5. The zero-order valence-electron chi connectivity index (χ0n) is 28.7. The summed E-state index contributed by atoms with van der Waals surface area (Å²) in [4.78, 5) is 42.6. The fourth-order valence-corrected chi connectivity index (χ4v) is 7.86. The fourth-order valence-electron chi connectivity index (χ4n) is 7.86. The highest BCUT2D eigenvalue weighted by molar-refractivity contribution is 5.86. The Labute approximate surface area is 278 Å². The maximum atomic E-state index is 13.9. The maximum absolute atomic E-state index is 13.9. The van der Waals surface area contributed by atoms with Crippen molar-refractivity contribution in [2.45, 2.75) is 96.2 Å². The van der Waals surface area contributed by atoms with Gasteiger partial charge in [0.25, 0.3) is 0 Å². The van der Waals surface area contributed by atoms with Gasteiger partial charge in [-0.05, 0) is 98.8 Å². The van der Waals surface area contributed by atoms with Gasteiger partial charge in [-0.1, -0.05) is 32.3 Å². The van der Waals surface area contributed by atoms with Gasteiger partial charge in [0.1, 0.15) is 6.04 Å². The fraction of sp³-hybridized carbons (Fsp3) is 0.595. The number of anilines is 1. The molecule has 2 heterocycles. The van der Waals surface area contributed by atoms with Crippen LogP contribution in [0.1, 0.15) is 88.8 Å². The molecule has 3 N–H and O–H groups in total. The van der Waals surface area contributed by atoms with Crippen LogP contribution in [0, 0.1) is 5.92 Å². The van der Waals surface area contributed by atoms with Crippen LogP contribution in [0.4, 0.5) is 5.69 Å². The third-order valence-electron chi connectivity index (χ3n) is 10.2. The minimum absolute atomic E-state index is 0.0705.